The Labute approximate surface area is 128 Å². The molecule has 1 aromatic rings. The molecule has 20 heavy (non-hydrogen) atoms. The standard InChI is InChI=1S/C13H21BrN2O3S/c1-15-11(12-5-6-13(14)19-12)8-10-4-3-7-16(9-10)20(2,17)18/h5-6,10-11,15H,3-4,7-9H2,1-2H3. The highest BCUT2D eigenvalue weighted by Crippen LogP contribution is 2.30. The summed E-state index contributed by atoms with van der Waals surface area (Å²) in [5, 5.41) is 3.25. The van der Waals surface area contributed by atoms with Crippen molar-refractivity contribution in [1.29, 1.82) is 0 Å². The summed E-state index contributed by atoms with van der Waals surface area (Å²) in [5.41, 5.74) is 0. The average molecular weight is 365 g/mol. The van der Waals surface area contributed by atoms with E-state index in [1.54, 1.807) is 4.31 Å². The Hall–Kier alpha value is -0.370. The van der Waals surface area contributed by atoms with Gasteiger partial charge in [-0.25, -0.2) is 12.7 Å². The van der Waals surface area contributed by atoms with Crippen LogP contribution in [-0.4, -0.2) is 39.1 Å². The van der Waals surface area contributed by atoms with Crippen LogP contribution in [0.15, 0.2) is 21.2 Å². The Kier molecular flexibility index (Phi) is 5.28. The molecule has 1 aliphatic rings. The lowest BCUT2D eigenvalue weighted by molar-refractivity contribution is 0.232. The second kappa shape index (κ2) is 6.60. The molecule has 1 aliphatic heterocycles. The molecule has 0 spiro atoms. The van der Waals surface area contributed by atoms with Crippen LogP contribution in [0, 0.1) is 5.92 Å². The molecule has 0 bridgehead atoms. The largest absolute Gasteiger partial charge is 0.453 e. The first kappa shape index (κ1) is 16.0. The molecular weight excluding hydrogens is 344 g/mol. The lowest BCUT2D eigenvalue weighted by Gasteiger charge is -2.32. The van der Waals surface area contributed by atoms with Gasteiger partial charge in [-0.2, -0.15) is 0 Å². The van der Waals surface area contributed by atoms with Crippen molar-refractivity contribution >= 4 is 26.0 Å². The highest BCUT2D eigenvalue weighted by molar-refractivity contribution is 9.10. The van der Waals surface area contributed by atoms with E-state index in [2.05, 4.69) is 21.2 Å². The third-order valence-electron chi connectivity index (χ3n) is 3.81. The molecule has 1 saturated heterocycles. The number of rotatable bonds is 5. The van der Waals surface area contributed by atoms with Gasteiger partial charge in [0.15, 0.2) is 4.67 Å². The van der Waals surface area contributed by atoms with E-state index >= 15 is 0 Å². The quantitative estimate of drug-likeness (QED) is 0.870. The highest BCUT2D eigenvalue weighted by atomic mass is 79.9. The van der Waals surface area contributed by atoms with E-state index in [1.165, 1.54) is 6.26 Å². The van der Waals surface area contributed by atoms with Crippen LogP contribution in [0.25, 0.3) is 0 Å². The SMILES string of the molecule is CNC(CC1CCCN(S(C)(=O)=O)C1)c1ccc(Br)o1. The average Bonchev–Trinajstić information content (AvgIpc) is 2.82. The Bertz CT molecular complexity index is 544. The minimum atomic E-state index is -3.08. The maximum Gasteiger partial charge on any atom is 0.211 e. The van der Waals surface area contributed by atoms with Crippen LogP contribution >= 0.6 is 15.9 Å². The Morgan fingerprint density at radius 1 is 1.55 bits per heavy atom. The Morgan fingerprint density at radius 2 is 2.30 bits per heavy atom. The summed E-state index contributed by atoms with van der Waals surface area (Å²) in [6.45, 7) is 1.25. The molecule has 0 radical (unpaired) electrons. The van der Waals surface area contributed by atoms with Crippen LogP contribution in [0.1, 0.15) is 31.1 Å². The maximum atomic E-state index is 11.6. The lowest BCUT2D eigenvalue weighted by atomic mass is 9.91. The molecule has 7 heteroatoms. The molecule has 5 nitrogen and oxygen atoms in total. The monoisotopic (exact) mass is 364 g/mol. The van der Waals surface area contributed by atoms with E-state index in [0.717, 1.165) is 25.0 Å². The van der Waals surface area contributed by atoms with Crippen molar-refractivity contribution in [1.82, 2.24) is 9.62 Å². The molecule has 114 valence electrons. The summed E-state index contributed by atoms with van der Waals surface area (Å²) in [5.74, 6) is 1.25. The van der Waals surface area contributed by atoms with Crippen LogP contribution < -0.4 is 5.32 Å². The van der Waals surface area contributed by atoms with Gasteiger partial charge >= 0.3 is 0 Å². The van der Waals surface area contributed by atoms with E-state index in [4.69, 9.17) is 4.42 Å². The first-order chi connectivity index (χ1) is 9.40. The molecule has 1 N–H and O–H groups in total. The van der Waals surface area contributed by atoms with Gasteiger partial charge in [0.25, 0.3) is 0 Å². The summed E-state index contributed by atoms with van der Waals surface area (Å²) in [6.07, 6.45) is 4.15. The molecule has 0 aromatic carbocycles. The second-order valence-electron chi connectivity index (χ2n) is 5.35. The minimum absolute atomic E-state index is 0.116. The van der Waals surface area contributed by atoms with Crippen molar-refractivity contribution in [2.24, 2.45) is 5.92 Å². The molecule has 1 aromatic heterocycles. The number of halogens is 1. The molecule has 2 rings (SSSR count). The number of nitrogens with zero attached hydrogens (tertiary/aromatic N) is 1. The third-order valence-corrected chi connectivity index (χ3v) is 5.50. The van der Waals surface area contributed by atoms with Gasteiger partial charge in [-0.1, -0.05) is 0 Å². The van der Waals surface area contributed by atoms with Gasteiger partial charge in [-0.3, -0.25) is 0 Å². The number of piperidine rings is 1. The molecule has 2 unspecified atom stereocenters. The van der Waals surface area contributed by atoms with Crippen LogP contribution in [0.4, 0.5) is 0 Å². The van der Waals surface area contributed by atoms with Gasteiger partial charge in [0.2, 0.25) is 10.0 Å². The summed E-state index contributed by atoms with van der Waals surface area (Å²) in [4.78, 5) is 0. The normalized spacial score (nSPS) is 22.9. The minimum Gasteiger partial charge on any atom is -0.453 e. The van der Waals surface area contributed by atoms with Crippen molar-refractivity contribution in [3.05, 3.63) is 22.6 Å². The van der Waals surface area contributed by atoms with Gasteiger partial charge in [-0.15, -0.1) is 0 Å². The summed E-state index contributed by atoms with van der Waals surface area (Å²) < 4.78 is 31.2. The van der Waals surface area contributed by atoms with Crippen molar-refractivity contribution in [2.75, 3.05) is 26.4 Å². The van der Waals surface area contributed by atoms with E-state index in [9.17, 15) is 8.42 Å². The topological polar surface area (TPSA) is 62.6 Å². The number of sulfonamides is 1. The molecule has 0 amide bonds. The van der Waals surface area contributed by atoms with Gasteiger partial charge < -0.3 is 9.73 Å². The van der Waals surface area contributed by atoms with Crippen LogP contribution in [-0.2, 0) is 10.0 Å². The van der Waals surface area contributed by atoms with Crippen LogP contribution in [0.5, 0.6) is 0 Å². The fourth-order valence-corrected chi connectivity index (χ4v) is 4.01. The van der Waals surface area contributed by atoms with E-state index in [0.29, 0.717) is 23.7 Å². The zero-order valence-electron chi connectivity index (χ0n) is 11.8. The zero-order valence-corrected chi connectivity index (χ0v) is 14.2. The van der Waals surface area contributed by atoms with Crippen molar-refractivity contribution < 1.29 is 12.8 Å². The number of nitrogens with one attached hydrogen (secondary N) is 1. The number of hydrogen-bond donors (Lipinski definition) is 1. The summed E-state index contributed by atoms with van der Waals surface area (Å²) in [6, 6.07) is 3.94. The number of hydrogen-bond acceptors (Lipinski definition) is 4. The fraction of sp³-hybridized carbons (Fsp3) is 0.692. The highest BCUT2D eigenvalue weighted by Gasteiger charge is 2.28. The van der Waals surface area contributed by atoms with Crippen molar-refractivity contribution in [2.45, 2.75) is 25.3 Å². The summed E-state index contributed by atoms with van der Waals surface area (Å²) >= 11 is 3.31. The van der Waals surface area contributed by atoms with Crippen molar-refractivity contribution in [3.63, 3.8) is 0 Å². The molecule has 0 saturated carbocycles. The third kappa shape index (κ3) is 4.07. The van der Waals surface area contributed by atoms with E-state index in [-0.39, 0.29) is 6.04 Å². The maximum absolute atomic E-state index is 11.6. The second-order valence-corrected chi connectivity index (χ2v) is 8.11. The van der Waals surface area contributed by atoms with Crippen LogP contribution in [0.2, 0.25) is 0 Å². The predicted molar refractivity (Wildman–Crippen MR) is 82.0 cm³/mol. The Morgan fingerprint density at radius 3 is 2.85 bits per heavy atom. The summed E-state index contributed by atoms with van der Waals surface area (Å²) in [7, 11) is -1.18. The molecule has 1 fully saturated rings. The molecule has 0 aliphatic carbocycles. The first-order valence-corrected chi connectivity index (χ1v) is 9.42. The molecular formula is C13H21BrN2O3S. The van der Waals surface area contributed by atoms with Crippen LogP contribution in [0.3, 0.4) is 0 Å². The fourth-order valence-electron chi connectivity index (χ4n) is 2.75. The number of furan rings is 1. The van der Waals surface area contributed by atoms with Crippen molar-refractivity contribution in [3.8, 4) is 0 Å². The Balaban J connectivity index is 2.01. The predicted octanol–water partition coefficient (Wildman–Crippen LogP) is 2.36. The first-order valence-electron chi connectivity index (χ1n) is 6.77. The van der Waals surface area contributed by atoms with Gasteiger partial charge in [0.05, 0.1) is 12.3 Å². The molecule has 2 atom stereocenters. The van der Waals surface area contributed by atoms with Gasteiger partial charge in [0.1, 0.15) is 5.76 Å². The lowest BCUT2D eigenvalue weighted by Crippen LogP contribution is -2.40. The van der Waals surface area contributed by atoms with Gasteiger partial charge in [-0.05, 0) is 60.3 Å². The van der Waals surface area contributed by atoms with Gasteiger partial charge in [0, 0.05) is 13.1 Å². The van der Waals surface area contributed by atoms with E-state index < -0.39 is 10.0 Å². The zero-order chi connectivity index (χ0) is 14.8. The molecule has 2 heterocycles. The smallest absolute Gasteiger partial charge is 0.211 e. The van der Waals surface area contributed by atoms with E-state index in [1.807, 2.05) is 19.2 Å².